The lowest BCUT2D eigenvalue weighted by molar-refractivity contribution is 0.327. The van der Waals surface area contributed by atoms with Gasteiger partial charge in [0.05, 0.1) is 0 Å². The zero-order valence-electron chi connectivity index (χ0n) is 11.4. The first-order valence-electron chi connectivity index (χ1n) is 7.15. The molecule has 0 radical (unpaired) electrons. The van der Waals surface area contributed by atoms with Crippen LogP contribution in [-0.4, -0.2) is 22.6 Å². The highest BCUT2D eigenvalue weighted by molar-refractivity contribution is 5.40. The molecule has 4 heteroatoms. The molecule has 1 saturated carbocycles. The molecule has 2 rings (SSSR count). The smallest absolute Gasteiger partial charge is 0.224 e. The number of nitrogens with one attached hydrogen (secondary N) is 2. The van der Waals surface area contributed by atoms with E-state index >= 15 is 0 Å². The van der Waals surface area contributed by atoms with Gasteiger partial charge in [0.15, 0.2) is 0 Å². The van der Waals surface area contributed by atoms with E-state index in [2.05, 4.69) is 34.4 Å². The Balaban J connectivity index is 1.93. The summed E-state index contributed by atoms with van der Waals surface area (Å²) in [5, 5.41) is 6.70. The number of nitrogens with zero attached hydrogens (tertiary/aromatic N) is 2. The first kappa shape index (κ1) is 13.1. The molecule has 1 fully saturated rings. The molecule has 2 unspecified atom stereocenters. The third kappa shape index (κ3) is 3.59. The van der Waals surface area contributed by atoms with Crippen LogP contribution in [-0.2, 0) is 0 Å². The Kier molecular flexibility index (Phi) is 4.79. The number of hydrogen-bond acceptors (Lipinski definition) is 4. The number of anilines is 2. The molecule has 0 bridgehead atoms. The zero-order valence-corrected chi connectivity index (χ0v) is 11.4. The summed E-state index contributed by atoms with van der Waals surface area (Å²) >= 11 is 0. The predicted octanol–water partition coefficient (Wildman–Crippen LogP) is 3.29. The van der Waals surface area contributed by atoms with Crippen molar-refractivity contribution in [3.63, 3.8) is 0 Å². The van der Waals surface area contributed by atoms with Crippen LogP contribution < -0.4 is 10.6 Å². The van der Waals surface area contributed by atoms with Crippen molar-refractivity contribution in [1.82, 2.24) is 9.97 Å². The third-order valence-corrected chi connectivity index (χ3v) is 3.70. The Labute approximate surface area is 110 Å². The van der Waals surface area contributed by atoms with Crippen LogP contribution in [0.1, 0.15) is 46.0 Å². The van der Waals surface area contributed by atoms with Gasteiger partial charge in [-0.25, -0.2) is 4.98 Å². The van der Waals surface area contributed by atoms with Crippen molar-refractivity contribution in [2.45, 2.75) is 52.0 Å². The maximum Gasteiger partial charge on any atom is 0.224 e. The second-order valence-electron chi connectivity index (χ2n) is 5.08. The van der Waals surface area contributed by atoms with Gasteiger partial charge in [0.1, 0.15) is 5.82 Å². The normalized spacial score (nSPS) is 23.7. The molecule has 1 aromatic heterocycles. The van der Waals surface area contributed by atoms with E-state index in [-0.39, 0.29) is 0 Å². The second kappa shape index (κ2) is 6.57. The van der Waals surface area contributed by atoms with Gasteiger partial charge in [0.25, 0.3) is 0 Å². The minimum Gasteiger partial charge on any atom is -0.367 e. The van der Waals surface area contributed by atoms with Gasteiger partial charge in [0.2, 0.25) is 5.95 Å². The third-order valence-electron chi connectivity index (χ3n) is 3.70. The van der Waals surface area contributed by atoms with Crippen molar-refractivity contribution in [2.75, 3.05) is 17.2 Å². The Morgan fingerprint density at radius 3 is 3.00 bits per heavy atom. The molecule has 0 spiro atoms. The van der Waals surface area contributed by atoms with Crippen LogP contribution >= 0.6 is 0 Å². The van der Waals surface area contributed by atoms with Gasteiger partial charge in [-0.3, -0.25) is 0 Å². The highest BCUT2D eigenvalue weighted by atomic mass is 15.1. The molecule has 2 N–H and O–H groups in total. The van der Waals surface area contributed by atoms with Crippen molar-refractivity contribution < 1.29 is 0 Å². The molecule has 2 atom stereocenters. The van der Waals surface area contributed by atoms with Crippen LogP contribution in [0.3, 0.4) is 0 Å². The van der Waals surface area contributed by atoms with Gasteiger partial charge in [-0.2, -0.15) is 4.98 Å². The van der Waals surface area contributed by atoms with Gasteiger partial charge in [-0.15, -0.1) is 0 Å². The van der Waals surface area contributed by atoms with Crippen LogP contribution in [0.15, 0.2) is 12.3 Å². The fourth-order valence-electron chi connectivity index (χ4n) is 2.68. The summed E-state index contributed by atoms with van der Waals surface area (Å²) in [5.41, 5.74) is 0. The Hall–Kier alpha value is -1.32. The molecule has 0 saturated heterocycles. The molecule has 1 aliphatic carbocycles. The van der Waals surface area contributed by atoms with E-state index in [1.165, 1.54) is 32.1 Å². The molecule has 4 nitrogen and oxygen atoms in total. The van der Waals surface area contributed by atoms with E-state index < -0.39 is 0 Å². The molecule has 0 aliphatic heterocycles. The summed E-state index contributed by atoms with van der Waals surface area (Å²) in [7, 11) is 0. The molecule has 18 heavy (non-hydrogen) atoms. The molecule has 1 aliphatic rings. The first-order chi connectivity index (χ1) is 8.81. The van der Waals surface area contributed by atoms with E-state index in [1.807, 2.05) is 12.3 Å². The van der Waals surface area contributed by atoms with E-state index in [9.17, 15) is 0 Å². The van der Waals surface area contributed by atoms with Crippen molar-refractivity contribution in [1.29, 1.82) is 0 Å². The molecule has 1 heterocycles. The Bertz CT molecular complexity index is 367. The van der Waals surface area contributed by atoms with Crippen LogP contribution in [0.4, 0.5) is 11.8 Å². The lowest BCUT2D eigenvalue weighted by Gasteiger charge is -2.29. The summed E-state index contributed by atoms with van der Waals surface area (Å²) < 4.78 is 0. The van der Waals surface area contributed by atoms with Crippen LogP contribution in [0, 0.1) is 5.92 Å². The van der Waals surface area contributed by atoms with Crippen LogP contribution in [0.5, 0.6) is 0 Å². The van der Waals surface area contributed by atoms with E-state index in [0.29, 0.717) is 12.0 Å². The molecule has 100 valence electrons. The summed E-state index contributed by atoms with van der Waals surface area (Å²) in [4.78, 5) is 8.67. The largest absolute Gasteiger partial charge is 0.367 e. The number of rotatable bonds is 5. The zero-order chi connectivity index (χ0) is 12.8. The molecule has 0 amide bonds. The standard InChI is InChI=1S/C14H24N4/c1-3-11-6-5-7-12(10-11)17-13-8-9-16-14(18-13)15-4-2/h8-9,11-12H,3-7,10H2,1-2H3,(H2,15,16,17,18). The van der Waals surface area contributed by atoms with E-state index in [1.54, 1.807) is 0 Å². The summed E-state index contributed by atoms with van der Waals surface area (Å²) in [5.74, 6) is 2.54. The number of hydrogen-bond donors (Lipinski definition) is 2. The van der Waals surface area contributed by atoms with Gasteiger partial charge in [-0.1, -0.05) is 26.2 Å². The average molecular weight is 248 g/mol. The lowest BCUT2D eigenvalue weighted by atomic mass is 9.84. The van der Waals surface area contributed by atoms with Crippen LogP contribution in [0.2, 0.25) is 0 Å². The maximum absolute atomic E-state index is 4.47. The average Bonchev–Trinajstić information content (AvgIpc) is 2.40. The molecular weight excluding hydrogens is 224 g/mol. The fourth-order valence-corrected chi connectivity index (χ4v) is 2.68. The summed E-state index contributed by atoms with van der Waals surface area (Å²) in [6.45, 7) is 5.20. The second-order valence-corrected chi connectivity index (χ2v) is 5.08. The minimum atomic E-state index is 0.577. The monoisotopic (exact) mass is 248 g/mol. The van der Waals surface area contributed by atoms with Crippen molar-refractivity contribution >= 4 is 11.8 Å². The van der Waals surface area contributed by atoms with E-state index in [0.717, 1.165) is 18.3 Å². The highest BCUT2D eigenvalue weighted by Gasteiger charge is 2.20. The SMILES string of the molecule is CCNc1nccc(NC2CCCC(CC)C2)n1. The fraction of sp³-hybridized carbons (Fsp3) is 0.714. The Morgan fingerprint density at radius 1 is 1.33 bits per heavy atom. The van der Waals surface area contributed by atoms with Gasteiger partial charge < -0.3 is 10.6 Å². The molecular formula is C14H24N4. The molecule has 1 aromatic rings. The first-order valence-corrected chi connectivity index (χ1v) is 7.15. The Morgan fingerprint density at radius 2 is 2.22 bits per heavy atom. The lowest BCUT2D eigenvalue weighted by Crippen LogP contribution is -2.27. The van der Waals surface area contributed by atoms with Gasteiger partial charge >= 0.3 is 0 Å². The van der Waals surface area contributed by atoms with Crippen molar-refractivity contribution in [3.05, 3.63) is 12.3 Å². The topological polar surface area (TPSA) is 49.8 Å². The summed E-state index contributed by atoms with van der Waals surface area (Å²) in [6.07, 6.45) is 8.37. The minimum absolute atomic E-state index is 0.577. The van der Waals surface area contributed by atoms with E-state index in [4.69, 9.17) is 0 Å². The van der Waals surface area contributed by atoms with Gasteiger partial charge in [-0.05, 0) is 31.7 Å². The van der Waals surface area contributed by atoms with Crippen LogP contribution in [0.25, 0.3) is 0 Å². The van der Waals surface area contributed by atoms with Crippen molar-refractivity contribution in [2.24, 2.45) is 5.92 Å². The summed E-state index contributed by atoms with van der Waals surface area (Å²) in [6, 6.07) is 2.53. The quantitative estimate of drug-likeness (QED) is 0.839. The van der Waals surface area contributed by atoms with Crippen molar-refractivity contribution in [3.8, 4) is 0 Å². The highest BCUT2D eigenvalue weighted by Crippen LogP contribution is 2.28. The van der Waals surface area contributed by atoms with Gasteiger partial charge in [0, 0.05) is 18.8 Å². The maximum atomic E-state index is 4.47. The molecule has 0 aromatic carbocycles. The predicted molar refractivity (Wildman–Crippen MR) is 75.9 cm³/mol. The number of aromatic nitrogens is 2.